The standard InChI is InChI=1S/C11H16ClFN2O3S/c1-6(16)11(2,3)15-19(17,18)9-5-7(12)4-8(14)10(9)13/h4-6,15-16H,14H2,1-3H3. The zero-order valence-electron chi connectivity index (χ0n) is 10.7. The van der Waals surface area contributed by atoms with Crippen LogP contribution in [-0.2, 0) is 10.0 Å². The van der Waals surface area contributed by atoms with Crippen molar-refractivity contribution in [3.8, 4) is 0 Å². The highest BCUT2D eigenvalue weighted by Crippen LogP contribution is 2.26. The topological polar surface area (TPSA) is 92.4 Å². The van der Waals surface area contributed by atoms with Crippen molar-refractivity contribution in [2.24, 2.45) is 0 Å². The number of hydrogen-bond acceptors (Lipinski definition) is 4. The molecule has 0 radical (unpaired) electrons. The van der Waals surface area contributed by atoms with Crippen molar-refractivity contribution in [3.63, 3.8) is 0 Å². The van der Waals surface area contributed by atoms with Crippen LogP contribution in [0.4, 0.5) is 10.1 Å². The maximum Gasteiger partial charge on any atom is 0.244 e. The van der Waals surface area contributed by atoms with Gasteiger partial charge in [-0.3, -0.25) is 0 Å². The Bertz CT molecular complexity index is 588. The summed E-state index contributed by atoms with van der Waals surface area (Å²) < 4.78 is 40.2. The second-order valence-electron chi connectivity index (χ2n) is 4.81. The van der Waals surface area contributed by atoms with Crippen LogP contribution >= 0.6 is 11.6 Å². The van der Waals surface area contributed by atoms with E-state index in [2.05, 4.69) is 4.72 Å². The maximum atomic E-state index is 13.8. The van der Waals surface area contributed by atoms with Crippen LogP contribution in [0.3, 0.4) is 0 Å². The molecule has 0 aliphatic carbocycles. The summed E-state index contributed by atoms with van der Waals surface area (Å²) in [5.74, 6) is -1.07. The largest absolute Gasteiger partial charge is 0.396 e. The molecule has 0 saturated carbocycles. The van der Waals surface area contributed by atoms with Crippen LogP contribution in [0.2, 0.25) is 5.02 Å². The van der Waals surface area contributed by atoms with Crippen LogP contribution < -0.4 is 10.5 Å². The Hall–Kier alpha value is -0.890. The fraction of sp³-hybridized carbons (Fsp3) is 0.455. The van der Waals surface area contributed by atoms with E-state index in [1.807, 2.05) is 0 Å². The Morgan fingerprint density at radius 1 is 1.47 bits per heavy atom. The summed E-state index contributed by atoms with van der Waals surface area (Å²) in [5.41, 5.74) is 3.82. The molecular weight excluding hydrogens is 295 g/mol. The van der Waals surface area contributed by atoms with Crippen LogP contribution in [0.25, 0.3) is 0 Å². The van der Waals surface area contributed by atoms with Crippen LogP contribution in [0.15, 0.2) is 17.0 Å². The van der Waals surface area contributed by atoms with E-state index in [0.717, 1.165) is 12.1 Å². The maximum absolute atomic E-state index is 13.8. The molecule has 1 atom stereocenters. The van der Waals surface area contributed by atoms with E-state index in [-0.39, 0.29) is 10.7 Å². The van der Waals surface area contributed by atoms with Gasteiger partial charge in [0.25, 0.3) is 0 Å². The highest BCUT2D eigenvalue weighted by Gasteiger charge is 2.32. The Kier molecular flexibility index (Phi) is 4.46. The van der Waals surface area contributed by atoms with E-state index in [0.29, 0.717) is 0 Å². The molecule has 0 heterocycles. The van der Waals surface area contributed by atoms with E-state index in [4.69, 9.17) is 17.3 Å². The third-order valence-corrected chi connectivity index (χ3v) is 4.65. The third kappa shape index (κ3) is 3.56. The average molecular weight is 311 g/mol. The lowest BCUT2D eigenvalue weighted by atomic mass is 10.0. The van der Waals surface area contributed by atoms with Gasteiger partial charge < -0.3 is 10.8 Å². The van der Waals surface area contributed by atoms with Crippen LogP contribution in [-0.4, -0.2) is 25.2 Å². The lowest BCUT2D eigenvalue weighted by molar-refractivity contribution is 0.111. The molecule has 0 fully saturated rings. The summed E-state index contributed by atoms with van der Waals surface area (Å²) in [6.45, 7) is 4.37. The van der Waals surface area contributed by atoms with Gasteiger partial charge in [0.1, 0.15) is 4.90 Å². The molecule has 0 amide bonds. The molecule has 19 heavy (non-hydrogen) atoms. The lowest BCUT2D eigenvalue weighted by Gasteiger charge is -2.29. The minimum Gasteiger partial charge on any atom is -0.396 e. The van der Waals surface area contributed by atoms with Gasteiger partial charge in [0.15, 0.2) is 5.82 Å². The summed E-state index contributed by atoms with van der Waals surface area (Å²) in [6, 6.07) is 2.09. The van der Waals surface area contributed by atoms with Gasteiger partial charge in [0, 0.05) is 5.02 Å². The molecule has 0 aliphatic heterocycles. The van der Waals surface area contributed by atoms with E-state index in [1.54, 1.807) is 0 Å². The van der Waals surface area contributed by atoms with Crippen molar-refractivity contribution in [2.75, 3.05) is 5.73 Å². The van der Waals surface area contributed by atoms with Gasteiger partial charge in [-0.1, -0.05) is 11.6 Å². The van der Waals surface area contributed by atoms with Crippen molar-refractivity contribution in [3.05, 3.63) is 23.0 Å². The molecule has 1 unspecified atom stereocenters. The van der Waals surface area contributed by atoms with Crippen LogP contribution in [0, 0.1) is 5.82 Å². The Morgan fingerprint density at radius 3 is 2.47 bits per heavy atom. The molecule has 0 bridgehead atoms. The highest BCUT2D eigenvalue weighted by atomic mass is 35.5. The number of aliphatic hydroxyl groups excluding tert-OH is 1. The molecule has 4 N–H and O–H groups in total. The molecular formula is C11H16ClFN2O3S. The summed E-state index contributed by atoms with van der Waals surface area (Å²) in [5, 5.41) is 9.51. The second-order valence-corrected chi connectivity index (χ2v) is 6.90. The first kappa shape index (κ1) is 16.2. The van der Waals surface area contributed by atoms with Crippen molar-refractivity contribution in [1.82, 2.24) is 4.72 Å². The lowest BCUT2D eigenvalue weighted by Crippen LogP contribution is -2.50. The smallest absolute Gasteiger partial charge is 0.244 e. The van der Waals surface area contributed by atoms with E-state index >= 15 is 0 Å². The van der Waals surface area contributed by atoms with Gasteiger partial charge in [0.05, 0.1) is 17.3 Å². The SMILES string of the molecule is CC(O)C(C)(C)NS(=O)(=O)c1cc(Cl)cc(N)c1F. The third-order valence-electron chi connectivity index (χ3n) is 2.76. The quantitative estimate of drug-likeness (QED) is 0.735. The van der Waals surface area contributed by atoms with Gasteiger partial charge in [-0.2, -0.15) is 0 Å². The molecule has 8 heteroatoms. The Labute approximate surface area is 116 Å². The first-order chi connectivity index (χ1) is 8.47. The van der Waals surface area contributed by atoms with Crippen molar-refractivity contribution in [1.29, 1.82) is 0 Å². The number of nitrogen functional groups attached to an aromatic ring is 1. The Morgan fingerprint density at radius 2 is 2.00 bits per heavy atom. The number of nitrogens with one attached hydrogen (secondary N) is 1. The number of hydrogen-bond donors (Lipinski definition) is 3. The number of rotatable bonds is 4. The summed E-state index contributed by atoms with van der Waals surface area (Å²) >= 11 is 5.67. The summed E-state index contributed by atoms with van der Waals surface area (Å²) in [4.78, 5) is -0.647. The number of halogens is 2. The molecule has 0 spiro atoms. The molecule has 5 nitrogen and oxygen atoms in total. The zero-order valence-corrected chi connectivity index (χ0v) is 12.3. The molecule has 108 valence electrons. The number of benzene rings is 1. The van der Waals surface area contributed by atoms with Gasteiger partial charge in [-0.25, -0.2) is 17.5 Å². The number of aliphatic hydroxyl groups is 1. The first-order valence-corrected chi connectivity index (χ1v) is 7.30. The van der Waals surface area contributed by atoms with Crippen LogP contribution in [0.5, 0.6) is 0 Å². The first-order valence-electron chi connectivity index (χ1n) is 5.44. The molecule has 1 aromatic rings. The Balaban J connectivity index is 3.30. The van der Waals surface area contributed by atoms with E-state index < -0.39 is 32.4 Å². The molecule has 0 saturated heterocycles. The van der Waals surface area contributed by atoms with E-state index in [9.17, 15) is 17.9 Å². The number of nitrogens with two attached hydrogens (primary N) is 1. The van der Waals surface area contributed by atoms with Gasteiger partial charge in [-0.15, -0.1) is 0 Å². The van der Waals surface area contributed by atoms with Gasteiger partial charge in [-0.05, 0) is 32.9 Å². The van der Waals surface area contributed by atoms with E-state index in [1.165, 1.54) is 20.8 Å². The fourth-order valence-electron chi connectivity index (χ4n) is 1.27. The zero-order chi connectivity index (χ0) is 15.0. The molecule has 1 aromatic carbocycles. The number of sulfonamides is 1. The minimum absolute atomic E-state index is 0.00845. The van der Waals surface area contributed by atoms with Gasteiger partial charge in [0.2, 0.25) is 10.0 Å². The highest BCUT2D eigenvalue weighted by molar-refractivity contribution is 7.89. The van der Waals surface area contributed by atoms with Crippen molar-refractivity contribution < 1.29 is 17.9 Å². The van der Waals surface area contributed by atoms with Crippen molar-refractivity contribution >= 4 is 27.3 Å². The minimum atomic E-state index is -4.19. The fourth-order valence-corrected chi connectivity index (χ4v) is 3.17. The normalized spacial score (nSPS) is 14.4. The van der Waals surface area contributed by atoms with Crippen LogP contribution in [0.1, 0.15) is 20.8 Å². The van der Waals surface area contributed by atoms with Crippen molar-refractivity contribution in [2.45, 2.75) is 37.3 Å². The average Bonchev–Trinajstić information content (AvgIpc) is 2.21. The monoisotopic (exact) mass is 310 g/mol. The molecule has 0 aliphatic rings. The second kappa shape index (κ2) is 5.24. The summed E-state index contributed by atoms with van der Waals surface area (Å²) in [6.07, 6.45) is -0.970. The summed E-state index contributed by atoms with van der Waals surface area (Å²) in [7, 11) is -4.19. The predicted molar refractivity (Wildman–Crippen MR) is 71.9 cm³/mol. The van der Waals surface area contributed by atoms with Gasteiger partial charge >= 0.3 is 0 Å². The predicted octanol–water partition coefficient (Wildman–Crippen LogP) is 1.50. The number of anilines is 1. The molecule has 1 rings (SSSR count). The molecule has 0 aromatic heterocycles.